The highest BCUT2D eigenvalue weighted by Gasteiger charge is 2.42. The lowest BCUT2D eigenvalue weighted by Crippen LogP contribution is -2.30. The number of sulfonamides is 1. The van der Waals surface area contributed by atoms with Gasteiger partial charge in [0.2, 0.25) is 0 Å². The molecule has 1 aromatic heterocycles. The number of hydrogen-bond donors (Lipinski definition) is 2. The number of thiazole rings is 1. The van der Waals surface area contributed by atoms with Crippen LogP contribution in [0.1, 0.15) is 24.3 Å². The van der Waals surface area contributed by atoms with E-state index in [-0.39, 0.29) is 16.2 Å². The zero-order chi connectivity index (χ0) is 12.5. The molecule has 5 nitrogen and oxygen atoms in total. The number of nitrogens with one attached hydrogen (secondary N) is 1. The number of rotatable bonds is 6. The quantitative estimate of drug-likeness (QED) is 0.809. The van der Waals surface area contributed by atoms with Crippen LogP contribution in [-0.4, -0.2) is 31.7 Å². The molecule has 1 aliphatic carbocycles. The van der Waals surface area contributed by atoms with E-state index in [1.54, 1.807) is 6.92 Å². The van der Waals surface area contributed by atoms with Crippen molar-refractivity contribution in [3.05, 3.63) is 11.2 Å². The summed E-state index contributed by atoms with van der Waals surface area (Å²) in [6.07, 6.45) is 4.01. The van der Waals surface area contributed by atoms with Gasteiger partial charge in [0.05, 0.1) is 11.2 Å². The van der Waals surface area contributed by atoms with Gasteiger partial charge >= 0.3 is 0 Å². The van der Waals surface area contributed by atoms with Gasteiger partial charge in [-0.05, 0) is 31.6 Å². The third kappa shape index (κ3) is 3.04. The van der Waals surface area contributed by atoms with Crippen LogP contribution in [0.3, 0.4) is 0 Å². The van der Waals surface area contributed by atoms with Crippen LogP contribution in [0.5, 0.6) is 0 Å². The van der Waals surface area contributed by atoms with Crippen LogP contribution in [0.15, 0.2) is 10.4 Å². The molecule has 0 bridgehead atoms. The molecule has 0 spiro atoms. The molecule has 2 rings (SSSR count). The summed E-state index contributed by atoms with van der Waals surface area (Å²) in [5.74, 6) is 0. The van der Waals surface area contributed by atoms with E-state index in [1.807, 2.05) is 0 Å². The fraction of sp³-hybridized carbons (Fsp3) is 0.700. The summed E-state index contributed by atoms with van der Waals surface area (Å²) in [6.45, 7) is 2.30. The highest BCUT2D eigenvalue weighted by Crippen LogP contribution is 2.48. The Labute approximate surface area is 105 Å². The molecule has 0 radical (unpaired) electrons. The molecule has 0 amide bonds. The van der Waals surface area contributed by atoms with Crippen LogP contribution in [0.25, 0.3) is 0 Å². The number of aliphatic hydroxyl groups excluding tert-OH is 1. The van der Waals surface area contributed by atoms with Gasteiger partial charge in [-0.25, -0.2) is 18.1 Å². The van der Waals surface area contributed by atoms with E-state index in [2.05, 4.69) is 9.71 Å². The van der Waals surface area contributed by atoms with Gasteiger partial charge in [0.25, 0.3) is 10.0 Å². The molecule has 0 saturated heterocycles. The van der Waals surface area contributed by atoms with Gasteiger partial charge in [0.15, 0.2) is 4.21 Å². The molecule has 1 aromatic rings. The second-order valence-corrected chi connectivity index (χ2v) is 7.73. The summed E-state index contributed by atoms with van der Waals surface area (Å²) in [4.78, 5) is 3.94. The molecule has 96 valence electrons. The van der Waals surface area contributed by atoms with Crippen LogP contribution in [-0.2, 0) is 10.0 Å². The maximum Gasteiger partial charge on any atom is 0.251 e. The van der Waals surface area contributed by atoms with Crippen molar-refractivity contribution >= 4 is 21.4 Å². The fourth-order valence-corrected chi connectivity index (χ4v) is 4.02. The number of nitrogens with zero attached hydrogens (tertiary/aromatic N) is 1. The van der Waals surface area contributed by atoms with Crippen molar-refractivity contribution in [3.8, 4) is 0 Å². The largest absolute Gasteiger partial charge is 0.396 e. The number of hydrogen-bond acceptors (Lipinski definition) is 5. The predicted molar refractivity (Wildman–Crippen MR) is 65.4 cm³/mol. The maximum absolute atomic E-state index is 11.9. The molecular weight excluding hydrogens is 260 g/mol. The zero-order valence-corrected chi connectivity index (χ0v) is 11.3. The Morgan fingerprint density at radius 2 is 2.29 bits per heavy atom. The average Bonchev–Trinajstić information content (AvgIpc) is 2.89. The van der Waals surface area contributed by atoms with Gasteiger partial charge in [0, 0.05) is 13.2 Å². The van der Waals surface area contributed by atoms with Gasteiger partial charge in [-0.3, -0.25) is 0 Å². The number of aliphatic hydroxyl groups is 1. The van der Waals surface area contributed by atoms with E-state index >= 15 is 0 Å². The monoisotopic (exact) mass is 276 g/mol. The summed E-state index contributed by atoms with van der Waals surface area (Å²) in [7, 11) is -3.43. The van der Waals surface area contributed by atoms with E-state index < -0.39 is 10.0 Å². The highest BCUT2D eigenvalue weighted by atomic mass is 32.2. The molecule has 0 unspecified atom stereocenters. The van der Waals surface area contributed by atoms with Gasteiger partial charge in [0.1, 0.15) is 0 Å². The molecule has 1 fully saturated rings. The average molecular weight is 276 g/mol. The lowest BCUT2D eigenvalue weighted by Gasteiger charge is -2.13. The van der Waals surface area contributed by atoms with E-state index in [9.17, 15) is 8.42 Å². The lowest BCUT2D eigenvalue weighted by atomic mass is 10.0. The third-order valence-electron chi connectivity index (χ3n) is 3.10. The van der Waals surface area contributed by atoms with Crippen LogP contribution in [0.2, 0.25) is 0 Å². The van der Waals surface area contributed by atoms with Crippen molar-refractivity contribution in [2.45, 2.75) is 30.4 Å². The molecule has 17 heavy (non-hydrogen) atoms. The first kappa shape index (κ1) is 12.9. The van der Waals surface area contributed by atoms with Crippen molar-refractivity contribution in [1.29, 1.82) is 0 Å². The zero-order valence-electron chi connectivity index (χ0n) is 9.64. The second kappa shape index (κ2) is 4.64. The van der Waals surface area contributed by atoms with Crippen molar-refractivity contribution in [1.82, 2.24) is 9.71 Å². The minimum Gasteiger partial charge on any atom is -0.396 e. The van der Waals surface area contributed by atoms with E-state index in [4.69, 9.17) is 5.11 Å². The highest BCUT2D eigenvalue weighted by molar-refractivity contribution is 7.91. The molecule has 2 N–H and O–H groups in total. The van der Waals surface area contributed by atoms with Crippen LogP contribution in [0, 0.1) is 12.3 Å². The molecule has 1 aliphatic rings. The van der Waals surface area contributed by atoms with Crippen LogP contribution < -0.4 is 4.72 Å². The van der Waals surface area contributed by atoms with Crippen molar-refractivity contribution in [2.75, 3.05) is 13.2 Å². The first-order valence-electron chi connectivity index (χ1n) is 5.50. The van der Waals surface area contributed by atoms with Gasteiger partial charge in [-0.1, -0.05) is 0 Å². The lowest BCUT2D eigenvalue weighted by molar-refractivity contribution is 0.249. The van der Waals surface area contributed by atoms with Gasteiger partial charge < -0.3 is 5.11 Å². The molecule has 0 atom stereocenters. The number of aryl methyl sites for hydroxylation is 1. The van der Waals surface area contributed by atoms with Crippen molar-refractivity contribution in [3.63, 3.8) is 0 Å². The first-order chi connectivity index (χ1) is 7.97. The predicted octanol–water partition coefficient (Wildman–Crippen LogP) is 0.892. The molecule has 1 heterocycles. The van der Waals surface area contributed by atoms with E-state index in [0.717, 1.165) is 17.8 Å². The molecule has 1 saturated carbocycles. The molecule has 0 aromatic carbocycles. The summed E-state index contributed by atoms with van der Waals surface area (Å²) in [5.41, 5.74) is -0.0123. The first-order valence-corrected chi connectivity index (χ1v) is 7.80. The minimum absolute atomic E-state index is 0.0123. The topological polar surface area (TPSA) is 79.3 Å². The van der Waals surface area contributed by atoms with Crippen LogP contribution >= 0.6 is 11.3 Å². The Kier molecular flexibility index (Phi) is 3.53. The molecule has 0 aliphatic heterocycles. The smallest absolute Gasteiger partial charge is 0.251 e. The summed E-state index contributed by atoms with van der Waals surface area (Å²) in [5, 5.41) is 9.64. The normalized spacial score (nSPS) is 18.2. The van der Waals surface area contributed by atoms with Gasteiger partial charge in [-0.2, -0.15) is 0 Å². The standard InChI is InChI=1S/C10H16N2O3S2/c1-8-11-6-9(16-8)17(14,15)12-7-10(2-3-10)4-5-13/h6,12-13H,2-5,7H2,1H3. The second-order valence-electron chi connectivity index (χ2n) is 4.50. The number of aromatic nitrogens is 1. The minimum atomic E-state index is -3.43. The summed E-state index contributed by atoms with van der Waals surface area (Å²) in [6, 6.07) is 0. The Morgan fingerprint density at radius 3 is 2.76 bits per heavy atom. The van der Waals surface area contributed by atoms with E-state index in [1.165, 1.54) is 17.5 Å². The Hall–Kier alpha value is -0.500. The fourth-order valence-electron chi connectivity index (χ4n) is 1.71. The Morgan fingerprint density at radius 1 is 1.59 bits per heavy atom. The molecule has 7 heteroatoms. The van der Waals surface area contributed by atoms with Crippen LogP contribution in [0.4, 0.5) is 0 Å². The molecular formula is C10H16N2O3S2. The van der Waals surface area contributed by atoms with Crippen molar-refractivity contribution in [2.24, 2.45) is 5.41 Å². The summed E-state index contributed by atoms with van der Waals surface area (Å²) < 4.78 is 26.7. The summed E-state index contributed by atoms with van der Waals surface area (Å²) >= 11 is 1.17. The third-order valence-corrected chi connectivity index (χ3v) is 5.88. The Balaban J connectivity index is 1.99. The maximum atomic E-state index is 11.9. The van der Waals surface area contributed by atoms with Gasteiger partial charge in [-0.15, -0.1) is 11.3 Å². The van der Waals surface area contributed by atoms with Crippen molar-refractivity contribution < 1.29 is 13.5 Å². The SMILES string of the molecule is Cc1ncc(S(=O)(=O)NCC2(CCO)CC2)s1. The van der Waals surface area contributed by atoms with E-state index in [0.29, 0.717) is 13.0 Å². The Bertz CT molecular complexity index is 491.